The van der Waals surface area contributed by atoms with Crippen molar-refractivity contribution in [3.63, 3.8) is 0 Å². The first-order chi connectivity index (χ1) is 15.6. The van der Waals surface area contributed by atoms with Gasteiger partial charge in [-0.25, -0.2) is 0 Å². The van der Waals surface area contributed by atoms with Crippen LogP contribution >= 0.6 is 11.8 Å². The maximum Gasteiger partial charge on any atom is 0.416 e. The lowest BCUT2D eigenvalue weighted by Crippen LogP contribution is -2.49. The van der Waals surface area contributed by atoms with Crippen LogP contribution in [0.2, 0.25) is 0 Å². The summed E-state index contributed by atoms with van der Waals surface area (Å²) in [5.41, 5.74) is 0.418. The highest BCUT2D eigenvalue weighted by molar-refractivity contribution is 8.04. The van der Waals surface area contributed by atoms with Crippen LogP contribution in [0.3, 0.4) is 0 Å². The molecule has 2 aromatic carbocycles. The van der Waals surface area contributed by atoms with Gasteiger partial charge in [0, 0.05) is 18.0 Å². The van der Waals surface area contributed by atoms with Crippen LogP contribution < -0.4 is 4.90 Å². The molecule has 4 rings (SSSR count). The summed E-state index contributed by atoms with van der Waals surface area (Å²) in [5.74, 6) is 0.392. The van der Waals surface area contributed by atoms with E-state index in [-0.39, 0.29) is 18.4 Å². The second kappa shape index (κ2) is 9.25. The van der Waals surface area contributed by atoms with Gasteiger partial charge in [-0.15, -0.1) is 0 Å². The summed E-state index contributed by atoms with van der Waals surface area (Å²) in [6, 6.07) is 12.0. The Labute approximate surface area is 195 Å². The predicted molar refractivity (Wildman–Crippen MR) is 124 cm³/mol. The Kier molecular flexibility index (Phi) is 6.56. The average Bonchev–Trinajstić information content (AvgIpc) is 2.75. The van der Waals surface area contributed by atoms with E-state index in [2.05, 4.69) is 13.8 Å². The molecule has 0 unspecified atom stereocenters. The molecule has 33 heavy (non-hydrogen) atoms. The number of piperidine rings is 1. The molecule has 1 fully saturated rings. The summed E-state index contributed by atoms with van der Waals surface area (Å²) in [6.45, 7) is 5.53. The van der Waals surface area contributed by atoms with E-state index in [1.54, 1.807) is 6.08 Å². The van der Waals surface area contributed by atoms with Gasteiger partial charge < -0.3 is 4.90 Å². The molecule has 4 nitrogen and oxygen atoms in total. The van der Waals surface area contributed by atoms with Crippen molar-refractivity contribution >= 4 is 35.3 Å². The van der Waals surface area contributed by atoms with E-state index in [0.717, 1.165) is 23.4 Å². The number of fused-ring (bicyclic) bond motifs is 1. The van der Waals surface area contributed by atoms with Gasteiger partial charge in [-0.3, -0.25) is 14.5 Å². The molecule has 0 radical (unpaired) electrons. The summed E-state index contributed by atoms with van der Waals surface area (Å²) >= 11 is 1.26. The second-order valence-corrected chi connectivity index (χ2v) is 9.92. The van der Waals surface area contributed by atoms with E-state index >= 15 is 0 Å². The van der Waals surface area contributed by atoms with Crippen LogP contribution in [0.5, 0.6) is 0 Å². The van der Waals surface area contributed by atoms with Crippen molar-refractivity contribution in [1.29, 1.82) is 0 Å². The topological polar surface area (TPSA) is 40.6 Å². The van der Waals surface area contributed by atoms with Crippen molar-refractivity contribution in [2.75, 3.05) is 24.5 Å². The number of anilines is 1. The Bertz CT molecular complexity index is 1070. The van der Waals surface area contributed by atoms with Crippen LogP contribution in [0.15, 0.2) is 58.3 Å². The van der Waals surface area contributed by atoms with Gasteiger partial charge in [0.15, 0.2) is 0 Å². The summed E-state index contributed by atoms with van der Waals surface area (Å²) in [5, 5.41) is 0. The molecular weight excluding hydrogens is 449 g/mol. The molecule has 1 saturated heterocycles. The first kappa shape index (κ1) is 23.4. The van der Waals surface area contributed by atoms with Gasteiger partial charge in [0.05, 0.1) is 16.2 Å². The van der Waals surface area contributed by atoms with Crippen molar-refractivity contribution in [3.05, 3.63) is 64.6 Å². The molecule has 0 bridgehead atoms. The molecular formula is C25H25F3N2O2S. The normalized spacial score (nSPS) is 22.5. The fourth-order valence-electron chi connectivity index (χ4n) is 4.44. The van der Waals surface area contributed by atoms with Crippen molar-refractivity contribution in [2.45, 2.75) is 31.3 Å². The van der Waals surface area contributed by atoms with Gasteiger partial charge in [-0.1, -0.05) is 49.9 Å². The first-order valence-corrected chi connectivity index (χ1v) is 11.7. The number of amides is 2. The highest BCUT2D eigenvalue weighted by Crippen LogP contribution is 2.42. The van der Waals surface area contributed by atoms with Crippen molar-refractivity contribution in [1.82, 2.24) is 4.90 Å². The van der Waals surface area contributed by atoms with E-state index in [1.165, 1.54) is 28.8 Å². The van der Waals surface area contributed by atoms with Crippen LogP contribution in [-0.2, 0) is 15.8 Å². The zero-order chi connectivity index (χ0) is 23.8. The standard InChI is InChI=1S/C25H25F3N2O2S/c1-16-11-17(2)14-29(13-16)23(31)15-30-20-5-3-4-6-21(20)33-22(24(30)32)12-18-7-9-19(10-8-18)25(26,27)28/h3-10,12,16-17H,11,13-15H2,1-2H3/b22-12+/t16-,17+. The number of carbonyl (C=O) groups is 2. The number of hydrogen-bond acceptors (Lipinski definition) is 3. The molecule has 2 aromatic rings. The molecule has 2 amide bonds. The molecule has 0 saturated carbocycles. The quantitative estimate of drug-likeness (QED) is 0.537. The molecule has 0 aliphatic carbocycles. The molecule has 174 valence electrons. The zero-order valence-corrected chi connectivity index (χ0v) is 19.2. The van der Waals surface area contributed by atoms with Crippen molar-refractivity contribution in [2.24, 2.45) is 11.8 Å². The monoisotopic (exact) mass is 474 g/mol. The lowest BCUT2D eigenvalue weighted by atomic mass is 9.92. The number of thioether (sulfide) groups is 1. The molecule has 0 spiro atoms. The highest BCUT2D eigenvalue weighted by atomic mass is 32.2. The summed E-state index contributed by atoms with van der Waals surface area (Å²) in [6.07, 6.45) is -1.77. The fourth-order valence-corrected chi connectivity index (χ4v) is 5.50. The zero-order valence-electron chi connectivity index (χ0n) is 18.4. The molecule has 8 heteroatoms. The van der Waals surface area contributed by atoms with Gasteiger partial charge in [-0.05, 0) is 54.2 Å². The molecule has 0 N–H and O–H groups in total. The SMILES string of the molecule is C[C@@H]1C[C@H](C)CN(C(=O)CN2C(=O)/C(=C\c3ccc(C(F)(F)F)cc3)Sc3ccccc32)C1. The number of nitrogens with zero attached hydrogens (tertiary/aromatic N) is 2. The van der Waals surface area contributed by atoms with Crippen LogP contribution in [0.1, 0.15) is 31.4 Å². The minimum Gasteiger partial charge on any atom is -0.341 e. The van der Waals surface area contributed by atoms with Gasteiger partial charge >= 0.3 is 6.18 Å². The van der Waals surface area contributed by atoms with Crippen LogP contribution in [0.4, 0.5) is 18.9 Å². The number of para-hydroxylation sites is 1. The van der Waals surface area contributed by atoms with Gasteiger partial charge in [0.2, 0.25) is 5.91 Å². The number of carbonyl (C=O) groups excluding carboxylic acids is 2. The fraction of sp³-hybridized carbons (Fsp3) is 0.360. The van der Waals surface area contributed by atoms with E-state index in [0.29, 0.717) is 41.1 Å². The lowest BCUT2D eigenvalue weighted by Gasteiger charge is -2.37. The van der Waals surface area contributed by atoms with Gasteiger partial charge in [-0.2, -0.15) is 13.2 Å². The Morgan fingerprint density at radius 2 is 1.70 bits per heavy atom. The maximum absolute atomic E-state index is 13.4. The van der Waals surface area contributed by atoms with Gasteiger partial charge in [0.25, 0.3) is 5.91 Å². The first-order valence-electron chi connectivity index (χ1n) is 10.9. The highest BCUT2D eigenvalue weighted by Gasteiger charge is 2.34. The smallest absolute Gasteiger partial charge is 0.341 e. The van der Waals surface area contributed by atoms with E-state index in [1.807, 2.05) is 29.2 Å². The minimum atomic E-state index is -4.42. The third kappa shape index (κ3) is 5.27. The van der Waals surface area contributed by atoms with E-state index in [4.69, 9.17) is 0 Å². The van der Waals surface area contributed by atoms with Crippen LogP contribution in [-0.4, -0.2) is 36.3 Å². The number of likely N-dealkylation sites (tertiary alicyclic amines) is 1. The second-order valence-electron chi connectivity index (χ2n) is 8.83. The number of halogens is 3. The average molecular weight is 475 g/mol. The largest absolute Gasteiger partial charge is 0.416 e. The van der Waals surface area contributed by atoms with Gasteiger partial charge in [0.1, 0.15) is 6.54 Å². The summed E-state index contributed by atoms with van der Waals surface area (Å²) < 4.78 is 38.6. The Balaban J connectivity index is 1.60. The third-order valence-corrected chi connectivity index (χ3v) is 6.96. The predicted octanol–water partition coefficient (Wildman–Crippen LogP) is 5.69. The molecule has 2 aliphatic rings. The van der Waals surface area contributed by atoms with Crippen molar-refractivity contribution in [3.8, 4) is 0 Å². The lowest BCUT2D eigenvalue weighted by molar-refractivity contribution is -0.137. The number of benzene rings is 2. The Morgan fingerprint density at radius 3 is 2.33 bits per heavy atom. The molecule has 2 aliphatic heterocycles. The Hall–Kier alpha value is -2.74. The van der Waals surface area contributed by atoms with E-state index in [9.17, 15) is 22.8 Å². The maximum atomic E-state index is 13.4. The summed E-state index contributed by atoms with van der Waals surface area (Å²) in [7, 11) is 0. The third-order valence-electron chi connectivity index (χ3n) is 5.88. The van der Waals surface area contributed by atoms with Crippen molar-refractivity contribution < 1.29 is 22.8 Å². The molecule has 2 heterocycles. The molecule has 0 aromatic heterocycles. The number of alkyl halides is 3. The number of hydrogen-bond donors (Lipinski definition) is 0. The molecule has 2 atom stereocenters. The van der Waals surface area contributed by atoms with Crippen LogP contribution in [0.25, 0.3) is 6.08 Å². The van der Waals surface area contributed by atoms with Crippen LogP contribution in [0, 0.1) is 11.8 Å². The number of rotatable bonds is 3. The van der Waals surface area contributed by atoms with E-state index < -0.39 is 11.7 Å². The minimum absolute atomic E-state index is 0.0692. The summed E-state index contributed by atoms with van der Waals surface area (Å²) in [4.78, 5) is 31.0. The Morgan fingerprint density at radius 1 is 1.06 bits per heavy atom.